The predicted molar refractivity (Wildman–Crippen MR) is 122 cm³/mol. The van der Waals surface area contributed by atoms with Crippen LogP contribution in [0.5, 0.6) is 0 Å². The van der Waals surface area contributed by atoms with Crippen LogP contribution in [-0.4, -0.2) is 48.1 Å². The number of aromatic nitrogens is 2. The zero-order chi connectivity index (χ0) is 20.6. The van der Waals surface area contributed by atoms with Gasteiger partial charge < -0.3 is 9.80 Å². The highest BCUT2D eigenvalue weighted by molar-refractivity contribution is 7.07. The Bertz CT molecular complexity index is 951. The summed E-state index contributed by atoms with van der Waals surface area (Å²) < 4.78 is 0. The van der Waals surface area contributed by atoms with Gasteiger partial charge >= 0.3 is 0 Å². The molecule has 1 aromatic carbocycles. The first kappa shape index (κ1) is 21.0. The monoisotopic (exact) mass is 408 g/mol. The maximum Gasteiger partial charge on any atom is 0.252 e. The summed E-state index contributed by atoms with van der Waals surface area (Å²) in [5.41, 5.74) is 3.11. The van der Waals surface area contributed by atoms with Crippen LogP contribution in [0.15, 0.2) is 70.7 Å². The first-order valence-electron chi connectivity index (χ1n) is 9.72. The molecule has 1 N–H and O–H groups in total. The molecule has 6 heteroatoms. The lowest BCUT2D eigenvalue weighted by atomic mass is 10.0. The van der Waals surface area contributed by atoms with E-state index < -0.39 is 0 Å². The highest BCUT2D eigenvalue weighted by Crippen LogP contribution is 2.15. The molecule has 152 valence electrons. The molecule has 0 unspecified atom stereocenters. The average molecular weight is 409 g/mol. The van der Waals surface area contributed by atoms with E-state index in [1.54, 1.807) is 17.4 Å². The summed E-state index contributed by atoms with van der Waals surface area (Å²) in [6, 6.07) is 14.4. The molecule has 0 amide bonds. The molecule has 2 aromatic heterocycles. The zero-order valence-electron chi connectivity index (χ0n) is 17.0. The Hall–Kier alpha value is -2.70. The number of anilines is 1. The summed E-state index contributed by atoms with van der Waals surface area (Å²) in [5.74, 6) is 0.600. The maximum atomic E-state index is 12.3. The second kappa shape index (κ2) is 10.2. The van der Waals surface area contributed by atoms with Crippen molar-refractivity contribution >= 4 is 17.3 Å². The number of hydrogen-bond donors (Lipinski definition) is 1. The number of likely N-dealkylation sites (N-methyl/N-ethyl adjacent to an activating group) is 1. The third kappa shape index (κ3) is 6.14. The van der Waals surface area contributed by atoms with Crippen LogP contribution in [-0.2, 0) is 12.8 Å². The zero-order valence-corrected chi connectivity index (χ0v) is 17.9. The molecule has 0 aliphatic rings. The fourth-order valence-corrected chi connectivity index (χ4v) is 3.96. The van der Waals surface area contributed by atoms with E-state index in [2.05, 4.69) is 71.2 Å². The third-order valence-electron chi connectivity index (χ3n) is 4.87. The Kier molecular flexibility index (Phi) is 7.38. The molecule has 5 nitrogen and oxygen atoms in total. The van der Waals surface area contributed by atoms with Gasteiger partial charge in [0.2, 0.25) is 5.95 Å². The molecule has 0 radical (unpaired) electrons. The summed E-state index contributed by atoms with van der Waals surface area (Å²) >= 11 is 1.65. The fraction of sp³-hybridized carbons (Fsp3) is 0.304. The Morgan fingerprint density at radius 3 is 2.66 bits per heavy atom. The Morgan fingerprint density at radius 1 is 1.21 bits per heavy atom. The average Bonchev–Trinajstić information content (AvgIpc) is 3.20. The van der Waals surface area contributed by atoms with Crippen molar-refractivity contribution in [2.45, 2.75) is 18.9 Å². The number of rotatable bonds is 10. The fourth-order valence-electron chi connectivity index (χ4n) is 3.29. The number of nitrogens with one attached hydrogen (secondary N) is 1. The van der Waals surface area contributed by atoms with Crippen molar-refractivity contribution in [1.82, 2.24) is 14.9 Å². The third-order valence-corrected chi connectivity index (χ3v) is 5.60. The molecule has 0 bridgehead atoms. The maximum absolute atomic E-state index is 12.3. The number of thiophene rings is 1. The molecule has 2 heterocycles. The highest BCUT2D eigenvalue weighted by Gasteiger charge is 2.19. The first-order chi connectivity index (χ1) is 14.0. The van der Waals surface area contributed by atoms with E-state index >= 15 is 0 Å². The molecular formula is C23H28N4OS. The Morgan fingerprint density at radius 2 is 2.00 bits per heavy atom. The van der Waals surface area contributed by atoms with Gasteiger partial charge in [0.1, 0.15) is 0 Å². The summed E-state index contributed by atoms with van der Waals surface area (Å²) in [5, 5.41) is 4.13. The molecule has 3 aromatic rings. The van der Waals surface area contributed by atoms with Gasteiger partial charge in [-0.3, -0.25) is 9.78 Å². The molecule has 0 saturated heterocycles. The van der Waals surface area contributed by atoms with Crippen LogP contribution in [0.1, 0.15) is 16.8 Å². The number of hydrogen-bond acceptors (Lipinski definition) is 5. The van der Waals surface area contributed by atoms with Crippen LogP contribution in [0.25, 0.3) is 0 Å². The lowest BCUT2D eigenvalue weighted by Gasteiger charge is -2.31. The normalized spacial score (nSPS) is 12.1. The van der Waals surface area contributed by atoms with E-state index in [0.717, 1.165) is 18.7 Å². The largest absolute Gasteiger partial charge is 0.337 e. The number of benzene rings is 1. The summed E-state index contributed by atoms with van der Waals surface area (Å²) in [4.78, 5) is 24.3. The van der Waals surface area contributed by atoms with Crippen LogP contribution < -0.4 is 10.5 Å². The van der Waals surface area contributed by atoms with Crippen molar-refractivity contribution in [1.29, 1.82) is 0 Å². The lowest BCUT2D eigenvalue weighted by molar-refractivity contribution is 0.293. The second-order valence-corrected chi connectivity index (χ2v) is 8.15. The summed E-state index contributed by atoms with van der Waals surface area (Å²) in [6.07, 6.45) is 3.42. The minimum atomic E-state index is -0.126. The molecule has 0 aliphatic heterocycles. The van der Waals surface area contributed by atoms with Crippen molar-refractivity contribution in [3.63, 3.8) is 0 Å². The molecule has 0 saturated carbocycles. The quantitative estimate of drug-likeness (QED) is 0.521. The molecule has 0 fully saturated rings. The molecule has 3 rings (SSSR count). The minimum absolute atomic E-state index is 0.126. The highest BCUT2D eigenvalue weighted by atomic mass is 32.1. The minimum Gasteiger partial charge on any atom is -0.337 e. The van der Waals surface area contributed by atoms with E-state index in [9.17, 15) is 4.79 Å². The van der Waals surface area contributed by atoms with Crippen LogP contribution in [0.4, 0.5) is 5.95 Å². The number of nitrogens with zero attached hydrogens (tertiary/aromatic N) is 3. The second-order valence-electron chi connectivity index (χ2n) is 7.37. The van der Waals surface area contributed by atoms with E-state index in [0.29, 0.717) is 18.9 Å². The number of H-pyrrole nitrogens is 1. The van der Waals surface area contributed by atoms with Crippen molar-refractivity contribution in [3.8, 4) is 0 Å². The smallest absolute Gasteiger partial charge is 0.252 e. The van der Waals surface area contributed by atoms with Gasteiger partial charge in [0.15, 0.2) is 0 Å². The molecule has 0 aliphatic carbocycles. The van der Waals surface area contributed by atoms with Gasteiger partial charge in [0.25, 0.3) is 5.56 Å². The van der Waals surface area contributed by atoms with Crippen LogP contribution in [0, 0.1) is 0 Å². The van der Waals surface area contributed by atoms with Gasteiger partial charge in [0.05, 0.1) is 5.69 Å². The Labute approximate surface area is 176 Å². The summed E-state index contributed by atoms with van der Waals surface area (Å²) in [7, 11) is 4.17. The van der Waals surface area contributed by atoms with Crippen molar-refractivity contribution in [3.05, 3.63) is 93.1 Å². The van der Waals surface area contributed by atoms with E-state index in [1.165, 1.54) is 11.1 Å². The standard InChI is InChI=1S/C23H28N4OS/c1-4-11-27(16-21(26(2)3)14-18-8-6-5-7-9-18)23-24-20(15-22(28)25-23)13-19-10-12-29-17-19/h4-10,12,15,17,21H,1,11,13-14,16H2,2-3H3,(H,24,25,28)/t21-/m1/s1. The van der Waals surface area contributed by atoms with E-state index in [-0.39, 0.29) is 11.6 Å². The van der Waals surface area contributed by atoms with E-state index in [4.69, 9.17) is 4.98 Å². The van der Waals surface area contributed by atoms with Crippen LogP contribution >= 0.6 is 11.3 Å². The van der Waals surface area contributed by atoms with Crippen molar-refractivity contribution < 1.29 is 0 Å². The van der Waals surface area contributed by atoms with E-state index in [1.807, 2.05) is 17.5 Å². The SMILES string of the molecule is C=CCN(C[C@@H](Cc1ccccc1)N(C)C)c1nc(Cc2ccsc2)cc(=O)[nH]1. The predicted octanol–water partition coefficient (Wildman–Crippen LogP) is 3.59. The molecule has 0 spiro atoms. The number of aromatic amines is 1. The topological polar surface area (TPSA) is 52.2 Å². The van der Waals surface area contributed by atoms with Crippen LogP contribution in [0.2, 0.25) is 0 Å². The van der Waals surface area contributed by atoms with Gasteiger partial charge in [-0.15, -0.1) is 6.58 Å². The van der Waals surface area contributed by atoms with Crippen molar-refractivity contribution in [2.75, 3.05) is 32.1 Å². The summed E-state index contributed by atoms with van der Waals surface area (Å²) in [6.45, 7) is 5.24. The molecule has 1 atom stereocenters. The van der Waals surface area contributed by atoms with Gasteiger partial charge in [-0.2, -0.15) is 11.3 Å². The van der Waals surface area contributed by atoms with Crippen LogP contribution in [0.3, 0.4) is 0 Å². The van der Waals surface area contributed by atoms with Gasteiger partial charge in [-0.1, -0.05) is 36.4 Å². The van der Waals surface area contributed by atoms with Crippen molar-refractivity contribution in [2.24, 2.45) is 0 Å². The lowest BCUT2D eigenvalue weighted by Crippen LogP contribution is -2.43. The van der Waals surface area contributed by atoms with Gasteiger partial charge in [-0.25, -0.2) is 4.98 Å². The molecule has 29 heavy (non-hydrogen) atoms. The van der Waals surface area contributed by atoms with Gasteiger partial charge in [-0.05, 0) is 48.5 Å². The first-order valence-corrected chi connectivity index (χ1v) is 10.7. The van der Waals surface area contributed by atoms with Gasteiger partial charge in [0, 0.05) is 31.6 Å². The molecular weight excluding hydrogens is 380 g/mol. The Balaban J connectivity index is 1.83.